The van der Waals surface area contributed by atoms with Crippen molar-refractivity contribution in [2.75, 3.05) is 7.11 Å². The molecule has 0 spiro atoms. The van der Waals surface area contributed by atoms with Gasteiger partial charge < -0.3 is 14.6 Å². The van der Waals surface area contributed by atoms with E-state index in [4.69, 9.17) is 20.9 Å². The number of aryl methyl sites for hydroxylation is 1. The molecule has 0 unspecified atom stereocenters. The minimum Gasteiger partial charge on any atom is -0.496 e. The van der Waals surface area contributed by atoms with Crippen LogP contribution in [0.4, 0.5) is 0 Å². The number of nitrogens with one attached hydrogen (secondary N) is 1. The Labute approximate surface area is 149 Å². The van der Waals surface area contributed by atoms with E-state index in [1.165, 1.54) is 0 Å². The van der Waals surface area contributed by atoms with Gasteiger partial charge in [-0.15, -0.1) is 0 Å². The van der Waals surface area contributed by atoms with Gasteiger partial charge in [-0.3, -0.25) is 4.79 Å². The van der Waals surface area contributed by atoms with Crippen LogP contribution in [0.15, 0.2) is 47.0 Å². The number of ether oxygens (including phenoxy) is 1. The number of nitrogens with zero attached hydrogens (tertiary/aromatic N) is 2. The van der Waals surface area contributed by atoms with Crippen molar-refractivity contribution in [1.29, 1.82) is 0 Å². The van der Waals surface area contributed by atoms with E-state index in [1.54, 1.807) is 37.4 Å². The molecule has 7 heteroatoms. The van der Waals surface area contributed by atoms with Crippen LogP contribution in [0.1, 0.15) is 21.8 Å². The molecule has 0 aliphatic heterocycles. The fourth-order valence-electron chi connectivity index (χ4n) is 2.29. The van der Waals surface area contributed by atoms with Crippen LogP contribution in [0.25, 0.3) is 11.4 Å². The van der Waals surface area contributed by atoms with E-state index < -0.39 is 0 Å². The van der Waals surface area contributed by atoms with Crippen molar-refractivity contribution in [3.05, 3.63) is 64.5 Å². The third-order valence-corrected chi connectivity index (χ3v) is 3.86. The zero-order chi connectivity index (χ0) is 17.8. The van der Waals surface area contributed by atoms with Gasteiger partial charge >= 0.3 is 0 Å². The van der Waals surface area contributed by atoms with Gasteiger partial charge in [0, 0.05) is 16.1 Å². The lowest BCUT2D eigenvalue weighted by Gasteiger charge is -2.07. The number of aromatic nitrogens is 2. The molecule has 3 aromatic rings. The summed E-state index contributed by atoms with van der Waals surface area (Å²) in [5, 5.41) is 7.23. The van der Waals surface area contributed by atoms with E-state index >= 15 is 0 Å². The van der Waals surface area contributed by atoms with Crippen molar-refractivity contribution in [3.63, 3.8) is 0 Å². The van der Waals surface area contributed by atoms with Crippen molar-refractivity contribution in [1.82, 2.24) is 15.5 Å². The molecule has 0 aliphatic carbocycles. The van der Waals surface area contributed by atoms with E-state index in [0.29, 0.717) is 28.1 Å². The molecular formula is C18H16ClN3O3. The highest BCUT2D eigenvalue weighted by atomic mass is 35.5. The van der Waals surface area contributed by atoms with Gasteiger partial charge in [-0.2, -0.15) is 4.98 Å². The average Bonchev–Trinajstić information content (AvgIpc) is 3.09. The second kappa shape index (κ2) is 7.36. The molecule has 1 heterocycles. The molecule has 0 aliphatic rings. The topological polar surface area (TPSA) is 77.2 Å². The highest BCUT2D eigenvalue weighted by Crippen LogP contribution is 2.20. The minimum atomic E-state index is -0.249. The smallest absolute Gasteiger partial charge is 0.251 e. The van der Waals surface area contributed by atoms with Gasteiger partial charge in [0.25, 0.3) is 5.91 Å². The monoisotopic (exact) mass is 357 g/mol. The van der Waals surface area contributed by atoms with Gasteiger partial charge in [0.1, 0.15) is 5.75 Å². The lowest BCUT2D eigenvalue weighted by atomic mass is 10.1. The molecule has 6 nitrogen and oxygen atoms in total. The Morgan fingerprint density at radius 3 is 2.88 bits per heavy atom. The Morgan fingerprint density at radius 1 is 1.28 bits per heavy atom. The predicted octanol–water partition coefficient (Wildman–Crippen LogP) is 3.64. The molecule has 3 rings (SSSR count). The van der Waals surface area contributed by atoms with Crippen LogP contribution in [-0.4, -0.2) is 23.2 Å². The standard InChI is InChI=1S/C18H16ClN3O3/c1-11-6-7-13(9-15(11)24-2)18(23)20-10-16-21-17(22-25-16)12-4-3-5-14(19)8-12/h3-9H,10H2,1-2H3,(H,20,23). The molecule has 25 heavy (non-hydrogen) atoms. The molecule has 128 valence electrons. The number of hydrogen-bond acceptors (Lipinski definition) is 5. The lowest BCUT2D eigenvalue weighted by Crippen LogP contribution is -2.23. The Bertz CT molecular complexity index is 908. The van der Waals surface area contributed by atoms with Crippen molar-refractivity contribution < 1.29 is 14.1 Å². The van der Waals surface area contributed by atoms with Gasteiger partial charge in [0.2, 0.25) is 11.7 Å². The maximum atomic E-state index is 12.2. The summed E-state index contributed by atoms with van der Waals surface area (Å²) in [6, 6.07) is 12.4. The Balaban J connectivity index is 1.67. The van der Waals surface area contributed by atoms with E-state index in [-0.39, 0.29) is 12.5 Å². The number of amides is 1. The first kappa shape index (κ1) is 17.0. The first-order chi connectivity index (χ1) is 12.1. The first-order valence-corrected chi connectivity index (χ1v) is 7.96. The summed E-state index contributed by atoms with van der Waals surface area (Å²) in [7, 11) is 1.57. The van der Waals surface area contributed by atoms with Crippen LogP contribution in [0.2, 0.25) is 5.02 Å². The van der Waals surface area contributed by atoms with Crippen molar-refractivity contribution in [2.24, 2.45) is 0 Å². The van der Waals surface area contributed by atoms with Gasteiger partial charge in [-0.25, -0.2) is 0 Å². The van der Waals surface area contributed by atoms with Crippen LogP contribution in [0.3, 0.4) is 0 Å². The maximum absolute atomic E-state index is 12.2. The zero-order valence-corrected chi connectivity index (χ0v) is 14.5. The van der Waals surface area contributed by atoms with Crippen LogP contribution in [0, 0.1) is 6.92 Å². The summed E-state index contributed by atoms with van der Waals surface area (Å²) >= 11 is 5.95. The minimum absolute atomic E-state index is 0.128. The number of hydrogen-bond donors (Lipinski definition) is 1. The Hall–Kier alpha value is -2.86. The zero-order valence-electron chi connectivity index (χ0n) is 13.7. The van der Waals surface area contributed by atoms with Crippen LogP contribution >= 0.6 is 11.6 Å². The molecule has 0 bridgehead atoms. The second-order valence-corrected chi connectivity index (χ2v) is 5.83. The number of halogens is 1. The molecule has 0 atom stereocenters. The van der Waals surface area contributed by atoms with Gasteiger partial charge in [-0.1, -0.05) is 35.0 Å². The summed E-state index contributed by atoms with van der Waals surface area (Å²) in [4.78, 5) is 16.5. The SMILES string of the molecule is COc1cc(C(=O)NCc2nc(-c3cccc(Cl)c3)no2)ccc1C. The molecule has 0 saturated carbocycles. The normalized spacial score (nSPS) is 10.5. The number of rotatable bonds is 5. The molecule has 0 saturated heterocycles. The van der Waals surface area contributed by atoms with Crippen molar-refractivity contribution in [2.45, 2.75) is 13.5 Å². The quantitative estimate of drug-likeness (QED) is 0.754. The largest absolute Gasteiger partial charge is 0.496 e. The fraction of sp³-hybridized carbons (Fsp3) is 0.167. The third kappa shape index (κ3) is 3.97. The molecular weight excluding hydrogens is 342 g/mol. The summed E-state index contributed by atoms with van der Waals surface area (Å²) in [6.07, 6.45) is 0. The summed E-state index contributed by atoms with van der Waals surface area (Å²) in [5.74, 6) is 1.14. The molecule has 1 N–H and O–H groups in total. The summed E-state index contributed by atoms with van der Waals surface area (Å²) in [6.45, 7) is 2.04. The number of carbonyl (C=O) groups is 1. The van der Waals surface area contributed by atoms with E-state index in [1.807, 2.05) is 19.1 Å². The average molecular weight is 358 g/mol. The molecule has 0 radical (unpaired) electrons. The molecule has 1 aromatic heterocycles. The van der Waals surface area contributed by atoms with E-state index in [2.05, 4.69) is 15.5 Å². The first-order valence-electron chi connectivity index (χ1n) is 7.58. The van der Waals surface area contributed by atoms with Gasteiger partial charge in [0.05, 0.1) is 13.7 Å². The molecule has 0 fully saturated rings. The highest BCUT2D eigenvalue weighted by Gasteiger charge is 2.12. The molecule has 2 aromatic carbocycles. The van der Waals surface area contributed by atoms with Crippen molar-refractivity contribution in [3.8, 4) is 17.1 Å². The van der Waals surface area contributed by atoms with Crippen LogP contribution in [-0.2, 0) is 6.54 Å². The maximum Gasteiger partial charge on any atom is 0.251 e. The molecule has 1 amide bonds. The number of carbonyl (C=O) groups excluding carboxylic acids is 1. The highest BCUT2D eigenvalue weighted by molar-refractivity contribution is 6.30. The van der Waals surface area contributed by atoms with Crippen molar-refractivity contribution >= 4 is 17.5 Å². The Morgan fingerprint density at radius 2 is 2.12 bits per heavy atom. The van der Waals surface area contributed by atoms with E-state index in [9.17, 15) is 4.79 Å². The van der Waals surface area contributed by atoms with Gasteiger partial charge in [-0.05, 0) is 36.8 Å². The predicted molar refractivity (Wildman–Crippen MR) is 93.6 cm³/mol. The number of methoxy groups -OCH3 is 1. The lowest BCUT2D eigenvalue weighted by molar-refractivity contribution is 0.0946. The summed E-state index contributed by atoms with van der Waals surface area (Å²) in [5.41, 5.74) is 2.20. The number of benzene rings is 2. The Kier molecular flexibility index (Phi) is 5.00. The van der Waals surface area contributed by atoms with Crippen LogP contribution < -0.4 is 10.1 Å². The van der Waals surface area contributed by atoms with E-state index in [0.717, 1.165) is 11.1 Å². The summed E-state index contributed by atoms with van der Waals surface area (Å²) < 4.78 is 10.4. The third-order valence-electron chi connectivity index (χ3n) is 3.62. The van der Waals surface area contributed by atoms with Crippen LogP contribution in [0.5, 0.6) is 5.75 Å². The fourth-order valence-corrected chi connectivity index (χ4v) is 2.48. The second-order valence-electron chi connectivity index (χ2n) is 5.39. The van der Waals surface area contributed by atoms with Gasteiger partial charge in [0.15, 0.2) is 0 Å².